The molecule has 160 valence electrons. The first-order valence-electron chi connectivity index (χ1n) is 11.3. The zero-order valence-electron chi connectivity index (χ0n) is 18.1. The smallest absolute Gasteiger partial charge is 0.270 e. The predicted octanol–water partition coefficient (Wildman–Crippen LogP) is 4.23. The zero-order valence-corrected chi connectivity index (χ0v) is 18.1. The van der Waals surface area contributed by atoms with Crippen LogP contribution in [0.15, 0.2) is 36.5 Å². The first kappa shape index (κ1) is 18.8. The molecule has 1 amide bonds. The van der Waals surface area contributed by atoms with E-state index in [9.17, 15) is 9.90 Å². The van der Waals surface area contributed by atoms with Crippen LogP contribution in [-0.4, -0.2) is 31.1 Å². The van der Waals surface area contributed by atoms with Crippen LogP contribution in [0.4, 0.5) is 0 Å². The fraction of sp³-hybridized carbons (Fsp3) is 0.480. The molecule has 6 nitrogen and oxygen atoms in total. The molecule has 6 heteroatoms. The first-order chi connectivity index (χ1) is 14.8. The summed E-state index contributed by atoms with van der Waals surface area (Å²) in [5, 5.41) is 15.4. The average Bonchev–Trinajstić information content (AvgIpc) is 3.03. The molecule has 2 atom stereocenters. The van der Waals surface area contributed by atoms with Gasteiger partial charge < -0.3 is 15.0 Å². The number of nitrogens with one attached hydrogen (secondary N) is 1. The Morgan fingerprint density at radius 1 is 1.06 bits per heavy atom. The van der Waals surface area contributed by atoms with Gasteiger partial charge in [-0.05, 0) is 88.5 Å². The van der Waals surface area contributed by atoms with Gasteiger partial charge in [0, 0.05) is 23.1 Å². The number of rotatable bonds is 3. The highest BCUT2D eigenvalue weighted by Crippen LogP contribution is 2.61. The third kappa shape index (κ3) is 2.87. The molecule has 3 heterocycles. The molecule has 4 bridgehead atoms. The van der Waals surface area contributed by atoms with Crippen LogP contribution in [0.25, 0.3) is 10.9 Å². The summed E-state index contributed by atoms with van der Waals surface area (Å²) in [4.78, 5) is 22.2. The summed E-state index contributed by atoms with van der Waals surface area (Å²) in [6, 6.07) is 9.49. The Balaban J connectivity index is 1.38. The molecule has 0 spiro atoms. The highest BCUT2D eigenvalue weighted by atomic mass is 16.3. The molecule has 31 heavy (non-hydrogen) atoms. The number of amides is 1. The number of nitrogens with zero attached hydrogens (tertiary/aromatic N) is 3. The lowest BCUT2D eigenvalue weighted by atomic mass is 9.49. The van der Waals surface area contributed by atoms with Gasteiger partial charge in [-0.3, -0.25) is 9.78 Å². The monoisotopic (exact) mass is 416 g/mol. The minimum atomic E-state index is -0.237. The molecule has 3 aromatic rings. The second kappa shape index (κ2) is 6.31. The van der Waals surface area contributed by atoms with Gasteiger partial charge in [0.15, 0.2) is 0 Å². The van der Waals surface area contributed by atoms with Crippen molar-refractivity contribution in [3.63, 3.8) is 0 Å². The van der Waals surface area contributed by atoms with Gasteiger partial charge in [0.05, 0.1) is 16.4 Å². The summed E-state index contributed by atoms with van der Waals surface area (Å²) in [5.74, 6) is 1.35. The van der Waals surface area contributed by atoms with E-state index in [0.717, 1.165) is 54.4 Å². The predicted molar refractivity (Wildman–Crippen MR) is 118 cm³/mol. The molecule has 4 saturated carbocycles. The van der Waals surface area contributed by atoms with Gasteiger partial charge in [0.25, 0.3) is 5.91 Å². The summed E-state index contributed by atoms with van der Waals surface area (Å²) in [6.45, 7) is 3.88. The SMILES string of the molecule is Cc1cccc(C(=O)NC23CC4CC(C2)CC(n2cc5nc(C)ccc5c2O)(C4)C3)n1. The van der Waals surface area contributed by atoms with Crippen LogP contribution in [-0.2, 0) is 5.54 Å². The molecule has 0 aliphatic heterocycles. The van der Waals surface area contributed by atoms with Crippen LogP contribution in [0.5, 0.6) is 5.88 Å². The largest absolute Gasteiger partial charge is 0.494 e. The maximum absolute atomic E-state index is 13.1. The Hall–Kier alpha value is -2.89. The number of aromatic nitrogens is 3. The van der Waals surface area contributed by atoms with Crippen molar-refractivity contribution in [2.75, 3.05) is 0 Å². The van der Waals surface area contributed by atoms with Crippen LogP contribution < -0.4 is 5.32 Å². The van der Waals surface area contributed by atoms with Gasteiger partial charge in [-0.15, -0.1) is 0 Å². The minimum Gasteiger partial charge on any atom is -0.494 e. The van der Waals surface area contributed by atoms with E-state index in [0.29, 0.717) is 23.4 Å². The third-order valence-electron chi connectivity index (χ3n) is 7.83. The molecule has 2 N–H and O–H groups in total. The lowest BCUT2D eigenvalue weighted by Gasteiger charge is -2.62. The number of fused-ring (bicyclic) bond motifs is 1. The van der Waals surface area contributed by atoms with Crippen molar-refractivity contribution >= 4 is 16.8 Å². The van der Waals surface area contributed by atoms with E-state index in [2.05, 4.69) is 19.9 Å². The molecular weight excluding hydrogens is 388 g/mol. The molecule has 4 fully saturated rings. The van der Waals surface area contributed by atoms with Gasteiger partial charge in [0.1, 0.15) is 5.69 Å². The summed E-state index contributed by atoms with van der Waals surface area (Å²) in [6.07, 6.45) is 8.24. The zero-order chi connectivity index (χ0) is 21.4. The third-order valence-corrected chi connectivity index (χ3v) is 7.83. The molecule has 4 aliphatic carbocycles. The number of aromatic hydroxyl groups is 1. The number of aryl methyl sites for hydroxylation is 2. The quantitative estimate of drug-likeness (QED) is 0.670. The Morgan fingerprint density at radius 2 is 1.81 bits per heavy atom. The minimum absolute atomic E-state index is 0.0834. The normalized spacial score (nSPS) is 31.3. The topological polar surface area (TPSA) is 80.0 Å². The molecule has 4 aliphatic rings. The van der Waals surface area contributed by atoms with Gasteiger partial charge in [-0.25, -0.2) is 4.98 Å². The van der Waals surface area contributed by atoms with Crippen LogP contribution in [0.1, 0.15) is 60.4 Å². The van der Waals surface area contributed by atoms with Crippen LogP contribution >= 0.6 is 0 Å². The molecule has 3 aromatic heterocycles. The van der Waals surface area contributed by atoms with E-state index < -0.39 is 0 Å². The van der Waals surface area contributed by atoms with E-state index in [1.165, 1.54) is 6.42 Å². The fourth-order valence-corrected chi connectivity index (χ4v) is 7.16. The molecule has 0 saturated heterocycles. The maximum Gasteiger partial charge on any atom is 0.270 e. The molecular formula is C25H28N4O2. The first-order valence-corrected chi connectivity index (χ1v) is 11.3. The molecule has 2 unspecified atom stereocenters. The average molecular weight is 417 g/mol. The van der Waals surface area contributed by atoms with Crippen LogP contribution in [0, 0.1) is 25.7 Å². The fourth-order valence-electron chi connectivity index (χ4n) is 7.16. The Morgan fingerprint density at radius 3 is 2.55 bits per heavy atom. The Labute approximate surface area is 181 Å². The molecule has 0 radical (unpaired) electrons. The second-order valence-corrected chi connectivity index (χ2v) is 10.3. The van der Waals surface area contributed by atoms with Crippen molar-refractivity contribution in [3.05, 3.63) is 53.6 Å². The van der Waals surface area contributed by atoms with E-state index in [-0.39, 0.29) is 17.0 Å². The Kier molecular flexibility index (Phi) is 3.84. The number of carbonyl (C=O) groups excluding carboxylic acids is 1. The summed E-state index contributed by atoms with van der Waals surface area (Å²) < 4.78 is 2.09. The van der Waals surface area contributed by atoms with Crippen molar-refractivity contribution in [3.8, 4) is 5.88 Å². The van der Waals surface area contributed by atoms with Gasteiger partial charge in [-0.1, -0.05) is 6.07 Å². The molecule has 0 aromatic carbocycles. The van der Waals surface area contributed by atoms with Crippen molar-refractivity contribution < 1.29 is 9.90 Å². The van der Waals surface area contributed by atoms with Gasteiger partial charge >= 0.3 is 0 Å². The van der Waals surface area contributed by atoms with Crippen molar-refractivity contribution in [1.82, 2.24) is 19.9 Å². The molecule has 7 rings (SSSR count). The van der Waals surface area contributed by atoms with E-state index in [1.807, 2.05) is 44.3 Å². The number of pyridine rings is 2. The van der Waals surface area contributed by atoms with E-state index in [1.54, 1.807) is 6.07 Å². The summed E-state index contributed by atoms with van der Waals surface area (Å²) in [5.41, 5.74) is 2.72. The highest BCUT2D eigenvalue weighted by Gasteiger charge is 2.59. The summed E-state index contributed by atoms with van der Waals surface area (Å²) >= 11 is 0. The number of carbonyl (C=O) groups is 1. The maximum atomic E-state index is 13.1. The van der Waals surface area contributed by atoms with Crippen molar-refractivity contribution in [1.29, 1.82) is 0 Å². The number of hydrogen-bond donors (Lipinski definition) is 2. The lowest BCUT2D eigenvalue weighted by molar-refractivity contribution is -0.0708. The van der Waals surface area contributed by atoms with Crippen molar-refractivity contribution in [2.45, 2.75) is 63.5 Å². The van der Waals surface area contributed by atoms with Crippen molar-refractivity contribution in [2.24, 2.45) is 11.8 Å². The number of hydrogen-bond acceptors (Lipinski definition) is 4. The summed E-state index contributed by atoms with van der Waals surface area (Å²) in [7, 11) is 0. The van der Waals surface area contributed by atoms with Crippen LogP contribution in [0.2, 0.25) is 0 Å². The van der Waals surface area contributed by atoms with E-state index in [4.69, 9.17) is 0 Å². The van der Waals surface area contributed by atoms with Crippen LogP contribution in [0.3, 0.4) is 0 Å². The second-order valence-electron chi connectivity index (χ2n) is 10.3. The van der Waals surface area contributed by atoms with Gasteiger partial charge in [0.2, 0.25) is 5.88 Å². The highest BCUT2D eigenvalue weighted by molar-refractivity contribution is 5.93. The Bertz CT molecular complexity index is 1200. The van der Waals surface area contributed by atoms with E-state index >= 15 is 0 Å². The van der Waals surface area contributed by atoms with Gasteiger partial charge in [-0.2, -0.15) is 0 Å². The standard InChI is InChI=1S/C25H28N4O2/c1-15-4-3-5-20(26-15)22(30)28-24-9-17-8-18(10-24)12-25(11-17,14-24)29-13-21-19(23(29)31)7-6-16(2)27-21/h3-7,13,17-18,31H,8-12,14H2,1-2H3,(H,28,30). The lowest BCUT2D eigenvalue weighted by Crippen LogP contribution is -2.65.